The first-order valence-electron chi connectivity index (χ1n) is 9.47. The lowest BCUT2D eigenvalue weighted by molar-refractivity contribution is 0.117. The third-order valence-corrected chi connectivity index (χ3v) is 6.10. The van der Waals surface area contributed by atoms with Crippen molar-refractivity contribution in [2.24, 2.45) is 0 Å². The summed E-state index contributed by atoms with van der Waals surface area (Å²) < 4.78 is 1.03. The van der Waals surface area contributed by atoms with Crippen LogP contribution in [0.15, 0.2) is 53.0 Å². The minimum atomic E-state index is -0.413. The molecule has 0 spiro atoms. The van der Waals surface area contributed by atoms with E-state index >= 15 is 0 Å². The first-order chi connectivity index (χ1) is 12.9. The molecule has 1 fully saturated rings. The molecule has 2 N–H and O–H groups in total. The van der Waals surface area contributed by atoms with Gasteiger partial charge in [-0.05, 0) is 56.4 Å². The zero-order valence-electron chi connectivity index (χ0n) is 15.9. The predicted octanol–water partition coefficient (Wildman–Crippen LogP) is 4.90. The van der Waals surface area contributed by atoms with Gasteiger partial charge < -0.3 is 15.3 Å². The quantitative estimate of drug-likeness (QED) is 0.684. The Hall–Kier alpha value is -1.85. The van der Waals surface area contributed by atoms with Crippen LogP contribution in [-0.4, -0.2) is 29.2 Å². The van der Waals surface area contributed by atoms with Gasteiger partial charge >= 0.3 is 6.03 Å². The maximum atomic E-state index is 13.0. The van der Waals surface area contributed by atoms with E-state index in [1.807, 2.05) is 17.0 Å². The number of urea groups is 1. The van der Waals surface area contributed by atoms with Gasteiger partial charge in [-0.3, -0.25) is 0 Å². The third kappa shape index (κ3) is 4.36. The van der Waals surface area contributed by atoms with E-state index in [4.69, 9.17) is 0 Å². The summed E-state index contributed by atoms with van der Waals surface area (Å²) >= 11 is 3.46. The fourth-order valence-electron chi connectivity index (χ4n) is 3.84. The monoisotopic (exact) mass is 430 g/mol. The molecule has 0 aromatic heterocycles. The summed E-state index contributed by atoms with van der Waals surface area (Å²) in [5, 5.41) is 12.6. The molecule has 0 saturated carbocycles. The summed E-state index contributed by atoms with van der Waals surface area (Å²) in [6.45, 7) is 4.94. The van der Waals surface area contributed by atoms with Crippen molar-refractivity contribution in [1.29, 1.82) is 0 Å². The molecule has 27 heavy (non-hydrogen) atoms. The van der Waals surface area contributed by atoms with Crippen LogP contribution in [0, 0.1) is 6.92 Å². The fraction of sp³-hybridized carbons (Fsp3) is 0.409. The lowest BCUT2D eigenvalue weighted by Crippen LogP contribution is -2.58. The number of rotatable bonds is 6. The number of benzene rings is 2. The third-order valence-electron chi connectivity index (χ3n) is 5.57. The highest BCUT2D eigenvalue weighted by Gasteiger charge is 2.40. The summed E-state index contributed by atoms with van der Waals surface area (Å²) in [5.74, 6) is 0. The highest BCUT2D eigenvalue weighted by Crippen LogP contribution is 2.36. The van der Waals surface area contributed by atoms with E-state index in [1.165, 1.54) is 5.56 Å². The Bertz CT molecular complexity index is 776. The van der Waals surface area contributed by atoms with Gasteiger partial charge in [-0.1, -0.05) is 57.9 Å². The molecule has 2 atom stereocenters. The number of halogens is 1. The number of aliphatic hydroxyl groups excluding tert-OH is 1. The molecule has 0 aliphatic carbocycles. The van der Waals surface area contributed by atoms with E-state index in [-0.39, 0.29) is 18.7 Å². The number of carbonyl (C=O) groups excluding carboxylic acids is 1. The Morgan fingerprint density at radius 2 is 1.85 bits per heavy atom. The number of aliphatic hydroxyl groups is 1. The summed E-state index contributed by atoms with van der Waals surface area (Å²) in [7, 11) is 0. The number of hydrogen-bond donors (Lipinski definition) is 2. The first kappa shape index (κ1) is 19.9. The molecular weight excluding hydrogens is 404 g/mol. The van der Waals surface area contributed by atoms with Gasteiger partial charge in [-0.2, -0.15) is 0 Å². The topological polar surface area (TPSA) is 52.6 Å². The molecule has 3 rings (SSSR count). The number of amides is 2. The van der Waals surface area contributed by atoms with E-state index in [9.17, 15) is 9.90 Å². The second-order valence-electron chi connectivity index (χ2n) is 7.38. The fourth-order valence-corrected chi connectivity index (χ4v) is 4.11. The van der Waals surface area contributed by atoms with Crippen molar-refractivity contribution in [1.82, 2.24) is 10.2 Å². The second-order valence-corrected chi connectivity index (χ2v) is 8.29. The van der Waals surface area contributed by atoms with Crippen LogP contribution in [0.3, 0.4) is 0 Å². The van der Waals surface area contributed by atoms with Gasteiger partial charge in [0.05, 0.1) is 11.6 Å². The van der Waals surface area contributed by atoms with E-state index in [2.05, 4.69) is 71.5 Å². The summed E-state index contributed by atoms with van der Waals surface area (Å²) in [4.78, 5) is 14.9. The molecule has 0 bridgehead atoms. The second kappa shape index (κ2) is 8.44. The highest BCUT2D eigenvalue weighted by molar-refractivity contribution is 9.10. The van der Waals surface area contributed by atoms with Crippen molar-refractivity contribution < 1.29 is 9.90 Å². The van der Waals surface area contributed by atoms with Gasteiger partial charge in [0, 0.05) is 17.6 Å². The van der Waals surface area contributed by atoms with Gasteiger partial charge in [-0.15, -0.1) is 0 Å². The number of hydrogen-bond acceptors (Lipinski definition) is 2. The standard InChI is InChI=1S/C22H27BrN2O2/c1-16-4-8-19(9-5-16)22(12-3-15-26)13-14-25(21(27)24-22)17(2)18-6-10-20(23)11-7-18/h4-11,17,26H,3,12-15H2,1-2H3,(H,24,27)/t17-,22+/m0/s1. The minimum absolute atomic E-state index is 0.00644. The Kier molecular flexibility index (Phi) is 6.22. The molecule has 5 heteroatoms. The molecule has 4 nitrogen and oxygen atoms in total. The number of aryl methyl sites for hydroxylation is 1. The predicted molar refractivity (Wildman–Crippen MR) is 112 cm³/mol. The van der Waals surface area contributed by atoms with Crippen molar-refractivity contribution in [3.05, 3.63) is 69.7 Å². The van der Waals surface area contributed by atoms with Crippen molar-refractivity contribution in [3.63, 3.8) is 0 Å². The largest absolute Gasteiger partial charge is 0.396 e. The van der Waals surface area contributed by atoms with E-state index in [0.717, 1.165) is 28.4 Å². The lowest BCUT2D eigenvalue weighted by atomic mass is 9.80. The van der Waals surface area contributed by atoms with Crippen molar-refractivity contribution >= 4 is 22.0 Å². The molecule has 1 aliphatic rings. The molecular formula is C22H27BrN2O2. The average Bonchev–Trinajstić information content (AvgIpc) is 2.67. The number of nitrogens with one attached hydrogen (secondary N) is 1. The van der Waals surface area contributed by atoms with Crippen LogP contribution in [0.1, 0.15) is 48.9 Å². The Morgan fingerprint density at radius 3 is 2.44 bits per heavy atom. The summed E-state index contributed by atoms with van der Waals surface area (Å²) in [6.07, 6.45) is 2.22. The van der Waals surface area contributed by atoms with E-state index in [0.29, 0.717) is 13.0 Å². The molecule has 2 aromatic rings. The molecule has 2 amide bonds. The normalized spacial score (nSPS) is 21.0. The van der Waals surface area contributed by atoms with Gasteiger partial charge in [0.2, 0.25) is 0 Å². The smallest absolute Gasteiger partial charge is 0.318 e. The minimum Gasteiger partial charge on any atom is -0.396 e. The average molecular weight is 431 g/mol. The molecule has 0 unspecified atom stereocenters. The molecule has 1 heterocycles. The zero-order valence-corrected chi connectivity index (χ0v) is 17.5. The number of carbonyl (C=O) groups is 1. The van der Waals surface area contributed by atoms with E-state index in [1.54, 1.807) is 0 Å². The van der Waals surface area contributed by atoms with Gasteiger partial charge in [0.25, 0.3) is 0 Å². The van der Waals surface area contributed by atoms with Crippen LogP contribution in [-0.2, 0) is 5.54 Å². The Balaban J connectivity index is 1.81. The van der Waals surface area contributed by atoms with Gasteiger partial charge in [-0.25, -0.2) is 4.79 Å². The molecule has 1 saturated heterocycles. The van der Waals surface area contributed by atoms with Crippen molar-refractivity contribution in [3.8, 4) is 0 Å². The summed E-state index contributed by atoms with van der Waals surface area (Å²) in [6, 6.07) is 16.4. The first-order valence-corrected chi connectivity index (χ1v) is 10.3. The summed E-state index contributed by atoms with van der Waals surface area (Å²) in [5.41, 5.74) is 3.02. The maximum Gasteiger partial charge on any atom is 0.318 e. The van der Waals surface area contributed by atoms with Crippen LogP contribution in [0.4, 0.5) is 4.79 Å². The van der Waals surface area contributed by atoms with Crippen LogP contribution in [0.5, 0.6) is 0 Å². The molecule has 2 aromatic carbocycles. The van der Waals surface area contributed by atoms with Crippen LogP contribution in [0.2, 0.25) is 0 Å². The van der Waals surface area contributed by atoms with E-state index < -0.39 is 5.54 Å². The van der Waals surface area contributed by atoms with Crippen LogP contribution < -0.4 is 5.32 Å². The lowest BCUT2D eigenvalue weighted by Gasteiger charge is -2.45. The number of nitrogens with zero attached hydrogens (tertiary/aromatic N) is 1. The zero-order chi connectivity index (χ0) is 19.4. The van der Waals surface area contributed by atoms with Crippen LogP contribution >= 0.6 is 15.9 Å². The SMILES string of the molecule is Cc1ccc([C@@]2(CCCO)CCN([C@@H](C)c3ccc(Br)cc3)C(=O)N2)cc1. The van der Waals surface area contributed by atoms with Crippen molar-refractivity contribution in [2.75, 3.05) is 13.2 Å². The Labute approximate surface area is 169 Å². The Morgan fingerprint density at radius 1 is 1.19 bits per heavy atom. The maximum absolute atomic E-state index is 13.0. The molecule has 144 valence electrons. The molecule has 0 radical (unpaired) electrons. The van der Waals surface area contributed by atoms with Crippen LogP contribution in [0.25, 0.3) is 0 Å². The van der Waals surface area contributed by atoms with Crippen molar-refractivity contribution in [2.45, 2.75) is 44.7 Å². The highest BCUT2D eigenvalue weighted by atomic mass is 79.9. The van der Waals surface area contributed by atoms with Gasteiger partial charge in [0.15, 0.2) is 0 Å². The molecule has 1 aliphatic heterocycles. The van der Waals surface area contributed by atoms with Gasteiger partial charge in [0.1, 0.15) is 0 Å².